The van der Waals surface area contributed by atoms with Crippen molar-refractivity contribution < 1.29 is 9.18 Å². The summed E-state index contributed by atoms with van der Waals surface area (Å²) in [6.07, 6.45) is 0.181. The number of halogens is 2. The van der Waals surface area contributed by atoms with Crippen LogP contribution in [0.25, 0.3) is 0 Å². The fourth-order valence-electron chi connectivity index (χ4n) is 1.12. The highest BCUT2D eigenvalue weighted by Gasteiger charge is 2.22. The molecule has 0 saturated heterocycles. The fourth-order valence-corrected chi connectivity index (χ4v) is 1.30. The SMILES string of the molecule is CC(C)(C)C(=O)Cc1cc(F)ccc1Cl. The molecule has 3 heteroatoms. The van der Waals surface area contributed by atoms with Crippen LogP contribution in [0, 0.1) is 11.2 Å². The van der Waals surface area contributed by atoms with Gasteiger partial charge < -0.3 is 0 Å². The molecule has 0 amide bonds. The number of hydrogen-bond donors (Lipinski definition) is 0. The van der Waals surface area contributed by atoms with Gasteiger partial charge >= 0.3 is 0 Å². The number of carbonyl (C=O) groups is 1. The van der Waals surface area contributed by atoms with E-state index in [0.29, 0.717) is 10.6 Å². The second-order valence-electron chi connectivity index (χ2n) is 4.59. The van der Waals surface area contributed by atoms with Crippen molar-refractivity contribution >= 4 is 17.4 Å². The maximum absolute atomic E-state index is 12.9. The summed E-state index contributed by atoms with van der Waals surface area (Å²) >= 11 is 5.87. The molecule has 82 valence electrons. The van der Waals surface area contributed by atoms with Gasteiger partial charge in [0, 0.05) is 16.9 Å². The van der Waals surface area contributed by atoms with Crippen molar-refractivity contribution in [3.63, 3.8) is 0 Å². The Kier molecular flexibility index (Phi) is 3.50. The monoisotopic (exact) mass is 228 g/mol. The molecule has 0 aliphatic rings. The number of hydrogen-bond acceptors (Lipinski definition) is 1. The van der Waals surface area contributed by atoms with E-state index in [2.05, 4.69) is 0 Å². The first-order valence-corrected chi connectivity index (χ1v) is 5.16. The standard InChI is InChI=1S/C12H14ClFO/c1-12(2,3)11(15)7-8-6-9(14)4-5-10(8)13/h4-6H,7H2,1-3H3. The van der Waals surface area contributed by atoms with Crippen LogP contribution in [0.1, 0.15) is 26.3 Å². The molecule has 0 aromatic heterocycles. The lowest BCUT2D eigenvalue weighted by Crippen LogP contribution is -2.22. The Labute approximate surface area is 94.3 Å². The molecular weight excluding hydrogens is 215 g/mol. The topological polar surface area (TPSA) is 17.1 Å². The molecule has 0 aliphatic heterocycles. The lowest BCUT2D eigenvalue weighted by atomic mass is 9.87. The third-order valence-electron chi connectivity index (χ3n) is 2.20. The van der Waals surface area contributed by atoms with E-state index in [0.717, 1.165) is 0 Å². The third kappa shape index (κ3) is 3.31. The summed E-state index contributed by atoms with van der Waals surface area (Å²) in [4.78, 5) is 11.7. The van der Waals surface area contributed by atoms with Gasteiger partial charge in [-0.3, -0.25) is 4.79 Å². The Balaban J connectivity index is 2.90. The summed E-state index contributed by atoms with van der Waals surface area (Å²) in [6.45, 7) is 5.51. The third-order valence-corrected chi connectivity index (χ3v) is 2.56. The van der Waals surface area contributed by atoms with Crippen LogP contribution in [0.15, 0.2) is 18.2 Å². The van der Waals surface area contributed by atoms with E-state index in [1.165, 1.54) is 18.2 Å². The van der Waals surface area contributed by atoms with Gasteiger partial charge in [-0.1, -0.05) is 32.4 Å². The largest absolute Gasteiger partial charge is 0.299 e. The van der Waals surface area contributed by atoms with Gasteiger partial charge in [0.25, 0.3) is 0 Å². The van der Waals surface area contributed by atoms with E-state index in [1.807, 2.05) is 20.8 Å². The van der Waals surface area contributed by atoms with Gasteiger partial charge in [-0.05, 0) is 23.8 Å². The highest BCUT2D eigenvalue weighted by molar-refractivity contribution is 6.31. The molecule has 1 aromatic carbocycles. The molecule has 1 nitrogen and oxygen atoms in total. The minimum atomic E-state index is -0.421. The second-order valence-corrected chi connectivity index (χ2v) is 4.99. The molecule has 0 aliphatic carbocycles. The van der Waals surface area contributed by atoms with E-state index in [9.17, 15) is 9.18 Å². The average Bonchev–Trinajstić information content (AvgIpc) is 2.09. The molecule has 0 unspecified atom stereocenters. The normalized spacial score (nSPS) is 11.5. The number of benzene rings is 1. The predicted molar refractivity (Wildman–Crippen MR) is 59.6 cm³/mol. The number of carbonyl (C=O) groups excluding carboxylic acids is 1. The van der Waals surface area contributed by atoms with Crippen LogP contribution >= 0.6 is 11.6 Å². The Morgan fingerprint density at radius 2 is 2.00 bits per heavy atom. The molecule has 1 aromatic rings. The van der Waals surface area contributed by atoms with E-state index in [4.69, 9.17) is 11.6 Å². The van der Waals surface area contributed by atoms with Crippen molar-refractivity contribution in [2.24, 2.45) is 5.41 Å². The molecule has 0 saturated carbocycles. The van der Waals surface area contributed by atoms with Crippen molar-refractivity contribution in [3.8, 4) is 0 Å². The van der Waals surface area contributed by atoms with Crippen molar-refractivity contribution in [1.82, 2.24) is 0 Å². The van der Waals surface area contributed by atoms with Crippen LogP contribution in [0.3, 0.4) is 0 Å². The number of rotatable bonds is 2. The van der Waals surface area contributed by atoms with E-state index >= 15 is 0 Å². The minimum Gasteiger partial charge on any atom is -0.299 e. The van der Waals surface area contributed by atoms with Crippen molar-refractivity contribution in [1.29, 1.82) is 0 Å². The quantitative estimate of drug-likeness (QED) is 0.756. The van der Waals surface area contributed by atoms with Gasteiger partial charge in [0.2, 0.25) is 0 Å². The van der Waals surface area contributed by atoms with Crippen molar-refractivity contribution in [3.05, 3.63) is 34.6 Å². The minimum absolute atomic E-state index is 0.0509. The van der Waals surface area contributed by atoms with Crippen molar-refractivity contribution in [2.75, 3.05) is 0 Å². The fraction of sp³-hybridized carbons (Fsp3) is 0.417. The second kappa shape index (κ2) is 4.31. The van der Waals surface area contributed by atoms with E-state index < -0.39 is 5.41 Å². The van der Waals surface area contributed by atoms with E-state index in [1.54, 1.807) is 0 Å². The molecule has 0 fully saturated rings. The Hall–Kier alpha value is -0.890. The summed E-state index contributed by atoms with van der Waals surface area (Å²) in [5.74, 6) is -0.314. The van der Waals surface area contributed by atoms with Crippen molar-refractivity contribution in [2.45, 2.75) is 27.2 Å². The van der Waals surface area contributed by atoms with Crippen LogP contribution in [0.2, 0.25) is 5.02 Å². The summed E-state index contributed by atoms with van der Waals surface area (Å²) < 4.78 is 12.9. The van der Waals surface area contributed by atoms with Gasteiger partial charge in [-0.2, -0.15) is 0 Å². The number of Topliss-reactive ketones (excluding diaryl/α,β-unsaturated/α-hetero) is 1. The molecule has 0 N–H and O–H groups in total. The predicted octanol–water partition coefficient (Wildman–Crippen LogP) is 3.64. The first kappa shape index (κ1) is 12.2. The van der Waals surface area contributed by atoms with Gasteiger partial charge in [0.15, 0.2) is 0 Å². The lowest BCUT2D eigenvalue weighted by Gasteiger charge is -2.16. The molecule has 0 atom stereocenters. The Morgan fingerprint density at radius 3 is 2.53 bits per heavy atom. The Bertz CT molecular complexity index is 380. The molecule has 0 heterocycles. The van der Waals surface area contributed by atoms with Gasteiger partial charge in [-0.25, -0.2) is 4.39 Å². The van der Waals surface area contributed by atoms with Crippen LogP contribution in [0.4, 0.5) is 4.39 Å². The highest BCUT2D eigenvalue weighted by atomic mass is 35.5. The zero-order valence-electron chi connectivity index (χ0n) is 9.10. The molecule has 0 spiro atoms. The maximum Gasteiger partial charge on any atom is 0.142 e. The van der Waals surface area contributed by atoms with Crippen LogP contribution < -0.4 is 0 Å². The summed E-state index contributed by atoms with van der Waals surface area (Å²) in [5, 5.41) is 0.439. The van der Waals surface area contributed by atoms with Gasteiger partial charge in [0.1, 0.15) is 11.6 Å². The molecular formula is C12H14ClFO. The summed E-state index contributed by atoms with van der Waals surface area (Å²) in [6, 6.07) is 4.07. The molecule has 1 rings (SSSR count). The zero-order chi connectivity index (χ0) is 11.6. The first-order valence-electron chi connectivity index (χ1n) is 4.78. The zero-order valence-corrected chi connectivity index (χ0v) is 9.86. The van der Waals surface area contributed by atoms with Crippen LogP contribution in [0.5, 0.6) is 0 Å². The van der Waals surface area contributed by atoms with Gasteiger partial charge in [-0.15, -0.1) is 0 Å². The van der Waals surface area contributed by atoms with Crippen LogP contribution in [-0.2, 0) is 11.2 Å². The summed E-state index contributed by atoms with van der Waals surface area (Å²) in [5.41, 5.74) is 0.131. The number of ketones is 1. The molecule has 0 radical (unpaired) electrons. The molecule has 15 heavy (non-hydrogen) atoms. The Morgan fingerprint density at radius 1 is 1.40 bits per heavy atom. The van der Waals surface area contributed by atoms with Gasteiger partial charge in [0.05, 0.1) is 0 Å². The average molecular weight is 229 g/mol. The highest BCUT2D eigenvalue weighted by Crippen LogP contribution is 2.22. The first-order chi connectivity index (χ1) is 6.80. The lowest BCUT2D eigenvalue weighted by molar-refractivity contribution is -0.125. The summed E-state index contributed by atoms with van der Waals surface area (Å²) in [7, 11) is 0. The maximum atomic E-state index is 12.9. The van der Waals surface area contributed by atoms with Crippen LogP contribution in [-0.4, -0.2) is 5.78 Å². The smallest absolute Gasteiger partial charge is 0.142 e. The molecule has 0 bridgehead atoms. The van der Waals surface area contributed by atoms with E-state index in [-0.39, 0.29) is 18.0 Å².